The fourth-order valence-corrected chi connectivity index (χ4v) is 3.51. The number of nitrogens with one attached hydrogen (secondary N) is 2. The largest absolute Gasteiger partial charge is 0.376 e. The van der Waals surface area contributed by atoms with Gasteiger partial charge in [-0.05, 0) is 18.9 Å². The zero-order chi connectivity index (χ0) is 18.8. The molecule has 1 aliphatic heterocycles. The fourth-order valence-electron chi connectivity index (χ4n) is 2.89. The normalized spacial score (nSPS) is 18.3. The summed E-state index contributed by atoms with van der Waals surface area (Å²) in [6, 6.07) is 10.2. The SMILES string of the molecule is CCS(=O)(=O)NCCNC(=NC)N1CCC(COCc2ccccc2)C1. The van der Waals surface area contributed by atoms with Crippen LogP contribution < -0.4 is 10.0 Å². The molecule has 7 nitrogen and oxygen atoms in total. The zero-order valence-electron chi connectivity index (χ0n) is 15.6. The van der Waals surface area contributed by atoms with Crippen molar-refractivity contribution >= 4 is 16.0 Å². The molecule has 1 atom stereocenters. The Morgan fingerprint density at radius 1 is 1.31 bits per heavy atom. The molecule has 1 saturated heterocycles. The van der Waals surface area contributed by atoms with E-state index in [0.717, 1.165) is 32.1 Å². The van der Waals surface area contributed by atoms with Crippen LogP contribution in [0.15, 0.2) is 35.3 Å². The smallest absolute Gasteiger partial charge is 0.211 e. The number of hydrogen-bond donors (Lipinski definition) is 2. The second-order valence-corrected chi connectivity index (χ2v) is 8.47. The zero-order valence-corrected chi connectivity index (χ0v) is 16.5. The van der Waals surface area contributed by atoms with Crippen molar-refractivity contribution in [3.05, 3.63) is 35.9 Å². The summed E-state index contributed by atoms with van der Waals surface area (Å²) in [6.45, 7) is 5.69. The highest BCUT2D eigenvalue weighted by Gasteiger charge is 2.24. The van der Waals surface area contributed by atoms with Gasteiger partial charge in [0.25, 0.3) is 0 Å². The lowest BCUT2D eigenvalue weighted by molar-refractivity contribution is 0.0907. The van der Waals surface area contributed by atoms with E-state index in [1.54, 1.807) is 14.0 Å². The molecule has 1 aromatic rings. The molecule has 0 bridgehead atoms. The third kappa shape index (κ3) is 6.93. The molecule has 8 heteroatoms. The van der Waals surface area contributed by atoms with Crippen molar-refractivity contribution in [1.82, 2.24) is 14.9 Å². The number of nitrogens with zero attached hydrogens (tertiary/aromatic N) is 2. The van der Waals surface area contributed by atoms with Crippen LogP contribution >= 0.6 is 0 Å². The van der Waals surface area contributed by atoms with Gasteiger partial charge in [0.2, 0.25) is 10.0 Å². The van der Waals surface area contributed by atoms with Crippen LogP contribution in [0.4, 0.5) is 0 Å². The van der Waals surface area contributed by atoms with Crippen LogP contribution in [-0.4, -0.2) is 64.9 Å². The summed E-state index contributed by atoms with van der Waals surface area (Å²) in [4.78, 5) is 6.50. The Balaban J connectivity index is 1.67. The Bertz CT molecular complexity index is 664. The first kappa shape index (κ1) is 20.7. The Morgan fingerprint density at radius 2 is 2.08 bits per heavy atom. The topological polar surface area (TPSA) is 83.0 Å². The van der Waals surface area contributed by atoms with Gasteiger partial charge in [-0.1, -0.05) is 30.3 Å². The van der Waals surface area contributed by atoms with E-state index < -0.39 is 10.0 Å². The maximum absolute atomic E-state index is 11.4. The summed E-state index contributed by atoms with van der Waals surface area (Å²) in [5.41, 5.74) is 1.19. The minimum atomic E-state index is -3.15. The average Bonchev–Trinajstić information content (AvgIpc) is 3.11. The number of aliphatic imine (C=N–C) groups is 1. The molecule has 1 aromatic carbocycles. The summed E-state index contributed by atoms with van der Waals surface area (Å²) in [6.07, 6.45) is 1.07. The molecular weight excluding hydrogens is 352 g/mol. The van der Waals surface area contributed by atoms with E-state index in [1.165, 1.54) is 5.56 Å². The first-order chi connectivity index (χ1) is 12.5. The Hall–Kier alpha value is -1.64. The van der Waals surface area contributed by atoms with Crippen LogP contribution in [0.5, 0.6) is 0 Å². The third-order valence-corrected chi connectivity index (χ3v) is 5.78. The molecule has 1 aliphatic rings. The molecule has 146 valence electrons. The third-order valence-electron chi connectivity index (χ3n) is 4.37. The predicted octanol–water partition coefficient (Wildman–Crippen LogP) is 1.04. The molecule has 0 amide bonds. The lowest BCUT2D eigenvalue weighted by Crippen LogP contribution is -2.43. The minimum absolute atomic E-state index is 0.0957. The lowest BCUT2D eigenvalue weighted by Gasteiger charge is -2.21. The number of guanidine groups is 1. The standard InChI is InChI=1S/C18H30N4O3S/c1-3-26(23,24)21-11-10-20-18(19-2)22-12-9-17(13-22)15-25-14-16-7-5-4-6-8-16/h4-8,17,21H,3,9-15H2,1-2H3,(H,19,20). The van der Waals surface area contributed by atoms with Crippen molar-refractivity contribution < 1.29 is 13.2 Å². The van der Waals surface area contributed by atoms with Gasteiger partial charge in [-0.3, -0.25) is 4.99 Å². The molecule has 2 rings (SSSR count). The van der Waals surface area contributed by atoms with Gasteiger partial charge in [-0.2, -0.15) is 0 Å². The van der Waals surface area contributed by atoms with Gasteiger partial charge in [0.15, 0.2) is 5.96 Å². The molecule has 1 unspecified atom stereocenters. The van der Waals surface area contributed by atoms with Gasteiger partial charge < -0.3 is 15.0 Å². The highest BCUT2D eigenvalue weighted by Crippen LogP contribution is 2.17. The second kappa shape index (κ2) is 10.5. The van der Waals surface area contributed by atoms with Crippen LogP contribution in [0.3, 0.4) is 0 Å². The summed E-state index contributed by atoms with van der Waals surface area (Å²) < 4.78 is 31.2. The van der Waals surface area contributed by atoms with Crippen LogP contribution in [0.25, 0.3) is 0 Å². The molecule has 0 spiro atoms. The molecule has 0 saturated carbocycles. The van der Waals surface area contributed by atoms with Crippen molar-refractivity contribution in [2.24, 2.45) is 10.9 Å². The van der Waals surface area contributed by atoms with Gasteiger partial charge >= 0.3 is 0 Å². The van der Waals surface area contributed by atoms with E-state index in [2.05, 4.69) is 32.1 Å². The van der Waals surface area contributed by atoms with Gasteiger partial charge in [-0.25, -0.2) is 13.1 Å². The Kier molecular flexibility index (Phi) is 8.34. The minimum Gasteiger partial charge on any atom is -0.376 e. The number of hydrogen-bond acceptors (Lipinski definition) is 4. The molecule has 0 aromatic heterocycles. The van der Waals surface area contributed by atoms with Gasteiger partial charge in [0, 0.05) is 39.1 Å². The summed E-state index contributed by atoms with van der Waals surface area (Å²) in [7, 11) is -1.40. The van der Waals surface area contributed by atoms with Crippen molar-refractivity contribution in [2.75, 3.05) is 45.6 Å². The van der Waals surface area contributed by atoms with E-state index >= 15 is 0 Å². The van der Waals surface area contributed by atoms with Gasteiger partial charge in [-0.15, -0.1) is 0 Å². The molecule has 1 fully saturated rings. The molecule has 0 radical (unpaired) electrons. The van der Waals surface area contributed by atoms with Crippen molar-refractivity contribution in [3.8, 4) is 0 Å². The highest BCUT2D eigenvalue weighted by molar-refractivity contribution is 7.89. The monoisotopic (exact) mass is 382 g/mol. The van der Waals surface area contributed by atoms with Crippen LogP contribution in [-0.2, 0) is 21.4 Å². The van der Waals surface area contributed by atoms with E-state index in [9.17, 15) is 8.42 Å². The maximum atomic E-state index is 11.4. The average molecular weight is 383 g/mol. The van der Waals surface area contributed by atoms with E-state index in [-0.39, 0.29) is 5.75 Å². The lowest BCUT2D eigenvalue weighted by atomic mass is 10.1. The second-order valence-electron chi connectivity index (χ2n) is 6.37. The summed E-state index contributed by atoms with van der Waals surface area (Å²) in [5, 5.41) is 3.22. The van der Waals surface area contributed by atoms with Gasteiger partial charge in [0.1, 0.15) is 0 Å². The van der Waals surface area contributed by atoms with Crippen molar-refractivity contribution in [3.63, 3.8) is 0 Å². The molecule has 1 heterocycles. The predicted molar refractivity (Wildman–Crippen MR) is 105 cm³/mol. The summed E-state index contributed by atoms with van der Waals surface area (Å²) >= 11 is 0. The first-order valence-electron chi connectivity index (χ1n) is 9.08. The van der Waals surface area contributed by atoms with E-state index in [1.807, 2.05) is 18.2 Å². The molecule has 2 N–H and O–H groups in total. The Labute approximate surface area is 156 Å². The van der Waals surface area contributed by atoms with Crippen molar-refractivity contribution in [2.45, 2.75) is 20.0 Å². The Morgan fingerprint density at radius 3 is 2.77 bits per heavy atom. The van der Waals surface area contributed by atoms with Gasteiger partial charge in [0.05, 0.1) is 19.0 Å². The maximum Gasteiger partial charge on any atom is 0.211 e. The highest BCUT2D eigenvalue weighted by atomic mass is 32.2. The first-order valence-corrected chi connectivity index (χ1v) is 10.7. The fraction of sp³-hybridized carbons (Fsp3) is 0.611. The van der Waals surface area contributed by atoms with Crippen LogP contribution in [0.2, 0.25) is 0 Å². The number of likely N-dealkylation sites (tertiary alicyclic amines) is 1. The number of benzene rings is 1. The van der Waals surface area contributed by atoms with E-state index in [4.69, 9.17) is 4.74 Å². The number of sulfonamides is 1. The van der Waals surface area contributed by atoms with Crippen LogP contribution in [0, 0.1) is 5.92 Å². The molecular formula is C18H30N4O3S. The number of ether oxygens (including phenoxy) is 1. The summed E-state index contributed by atoms with van der Waals surface area (Å²) in [5.74, 6) is 1.39. The molecule has 26 heavy (non-hydrogen) atoms. The molecule has 0 aliphatic carbocycles. The number of rotatable bonds is 9. The quantitative estimate of drug-likeness (QED) is 0.379. The van der Waals surface area contributed by atoms with Crippen LogP contribution in [0.1, 0.15) is 18.9 Å². The van der Waals surface area contributed by atoms with E-state index in [0.29, 0.717) is 25.6 Å². The van der Waals surface area contributed by atoms with Crippen molar-refractivity contribution in [1.29, 1.82) is 0 Å².